The summed E-state index contributed by atoms with van der Waals surface area (Å²) in [6, 6.07) is 4.02. The average molecular weight is 376 g/mol. The zero-order chi connectivity index (χ0) is 19.3. The van der Waals surface area contributed by atoms with E-state index in [1.165, 1.54) is 10.6 Å². The Bertz CT molecular complexity index is 1210. The molecule has 0 aromatic carbocycles. The first-order chi connectivity index (χ1) is 13.6. The number of imidazole rings is 1. The van der Waals surface area contributed by atoms with Crippen LogP contribution in [0, 0.1) is 23.2 Å². The van der Waals surface area contributed by atoms with Crippen LogP contribution in [0.15, 0.2) is 37.1 Å². The van der Waals surface area contributed by atoms with Gasteiger partial charge in [-0.1, -0.05) is 0 Å². The van der Waals surface area contributed by atoms with E-state index in [9.17, 15) is 4.39 Å². The Morgan fingerprint density at radius 3 is 2.75 bits per heavy atom. The maximum absolute atomic E-state index is 14.4. The van der Waals surface area contributed by atoms with Gasteiger partial charge in [0.2, 0.25) is 5.95 Å². The van der Waals surface area contributed by atoms with Crippen LogP contribution in [0.2, 0.25) is 0 Å². The minimum Gasteiger partial charge on any atom is -0.275 e. The van der Waals surface area contributed by atoms with Gasteiger partial charge in [0.1, 0.15) is 5.65 Å². The van der Waals surface area contributed by atoms with E-state index in [4.69, 9.17) is 5.26 Å². The molecule has 1 unspecified atom stereocenters. The normalized spacial score (nSPS) is 15.0. The van der Waals surface area contributed by atoms with Crippen molar-refractivity contribution in [1.82, 2.24) is 33.9 Å². The number of nitriles is 1. The van der Waals surface area contributed by atoms with Gasteiger partial charge in [0.25, 0.3) is 0 Å². The lowest BCUT2D eigenvalue weighted by Crippen LogP contribution is -2.11. The van der Waals surface area contributed by atoms with E-state index in [-0.39, 0.29) is 6.04 Å². The number of aryl methyl sites for hydroxylation is 1. The molecule has 1 aliphatic rings. The molecule has 0 spiro atoms. The van der Waals surface area contributed by atoms with Crippen molar-refractivity contribution in [3.8, 4) is 28.7 Å². The van der Waals surface area contributed by atoms with Crippen molar-refractivity contribution >= 4 is 5.65 Å². The van der Waals surface area contributed by atoms with Gasteiger partial charge in [-0.2, -0.15) is 19.8 Å². The van der Waals surface area contributed by atoms with Gasteiger partial charge in [-0.3, -0.25) is 13.8 Å². The van der Waals surface area contributed by atoms with Gasteiger partial charge in [0, 0.05) is 31.1 Å². The van der Waals surface area contributed by atoms with Crippen LogP contribution in [0.5, 0.6) is 0 Å². The molecule has 9 heteroatoms. The molecule has 1 atom stereocenters. The Hall–Kier alpha value is -3.54. The van der Waals surface area contributed by atoms with Gasteiger partial charge in [0.05, 0.1) is 48.4 Å². The lowest BCUT2D eigenvalue weighted by atomic mass is 10.1. The van der Waals surface area contributed by atoms with E-state index in [0.717, 1.165) is 18.4 Å². The van der Waals surface area contributed by atoms with Crippen molar-refractivity contribution in [1.29, 1.82) is 5.26 Å². The summed E-state index contributed by atoms with van der Waals surface area (Å²) in [5.74, 6) is 0.412. The van der Waals surface area contributed by atoms with Crippen molar-refractivity contribution in [2.75, 3.05) is 0 Å². The standard InChI is InChI=1S/C19H17FN8/c1-26-10-13(7-23-26)15-6-18-22-9-17(20)28(18)19(25-15)14-8-24-27(11-14)16(4-5-21)12-2-3-12/h6-12,16H,2-4H2,1H3. The van der Waals surface area contributed by atoms with Crippen molar-refractivity contribution in [3.63, 3.8) is 0 Å². The highest BCUT2D eigenvalue weighted by molar-refractivity contribution is 5.68. The Morgan fingerprint density at radius 2 is 2.04 bits per heavy atom. The molecule has 0 amide bonds. The van der Waals surface area contributed by atoms with Crippen LogP contribution in [-0.2, 0) is 7.05 Å². The maximum Gasteiger partial charge on any atom is 0.219 e. The molecule has 1 aliphatic carbocycles. The Balaban J connectivity index is 1.64. The molecule has 5 rings (SSSR count). The third-order valence-corrected chi connectivity index (χ3v) is 5.12. The number of halogens is 1. The largest absolute Gasteiger partial charge is 0.275 e. The van der Waals surface area contributed by atoms with Gasteiger partial charge in [-0.25, -0.2) is 9.97 Å². The summed E-state index contributed by atoms with van der Waals surface area (Å²) in [6.45, 7) is 0. The maximum atomic E-state index is 14.4. The minimum atomic E-state index is -0.487. The van der Waals surface area contributed by atoms with Crippen molar-refractivity contribution < 1.29 is 4.39 Å². The fourth-order valence-electron chi connectivity index (χ4n) is 3.56. The molecule has 4 heterocycles. The number of hydrogen-bond donors (Lipinski definition) is 0. The molecule has 28 heavy (non-hydrogen) atoms. The van der Waals surface area contributed by atoms with E-state index in [0.29, 0.717) is 35.1 Å². The molecule has 0 saturated heterocycles. The van der Waals surface area contributed by atoms with Gasteiger partial charge < -0.3 is 0 Å². The highest BCUT2D eigenvalue weighted by atomic mass is 19.1. The average Bonchev–Trinajstić information content (AvgIpc) is 3.07. The topological polar surface area (TPSA) is 89.6 Å². The molecule has 4 aromatic rings. The molecule has 0 radical (unpaired) electrons. The minimum absolute atomic E-state index is 0.0448. The number of hydrogen-bond acceptors (Lipinski definition) is 5. The molecule has 4 aromatic heterocycles. The molecule has 0 N–H and O–H groups in total. The number of rotatable bonds is 5. The molecule has 0 aliphatic heterocycles. The zero-order valence-electron chi connectivity index (χ0n) is 15.2. The second-order valence-corrected chi connectivity index (χ2v) is 7.12. The predicted molar refractivity (Wildman–Crippen MR) is 98.4 cm³/mol. The van der Waals surface area contributed by atoms with E-state index in [1.54, 1.807) is 23.1 Å². The fourth-order valence-corrected chi connectivity index (χ4v) is 3.56. The quantitative estimate of drug-likeness (QED) is 0.534. The summed E-state index contributed by atoms with van der Waals surface area (Å²) in [4.78, 5) is 8.84. The summed E-state index contributed by atoms with van der Waals surface area (Å²) in [6.07, 6.45) is 10.9. The van der Waals surface area contributed by atoms with Crippen LogP contribution in [0.25, 0.3) is 28.3 Å². The van der Waals surface area contributed by atoms with Gasteiger partial charge >= 0.3 is 0 Å². The summed E-state index contributed by atoms with van der Waals surface area (Å²) in [7, 11) is 1.83. The van der Waals surface area contributed by atoms with E-state index < -0.39 is 5.95 Å². The van der Waals surface area contributed by atoms with Crippen LogP contribution in [0.4, 0.5) is 4.39 Å². The molecule has 1 saturated carbocycles. The Labute approximate surface area is 159 Å². The monoisotopic (exact) mass is 376 g/mol. The number of aromatic nitrogens is 7. The van der Waals surface area contributed by atoms with Crippen molar-refractivity contribution in [2.24, 2.45) is 13.0 Å². The van der Waals surface area contributed by atoms with Crippen LogP contribution in [-0.4, -0.2) is 33.9 Å². The summed E-state index contributed by atoms with van der Waals surface area (Å²) < 4.78 is 19.3. The molecule has 0 bridgehead atoms. The zero-order valence-corrected chi connectivity index (χ0v) is 15.2. The van der Waals surface area contributed by atoms with E-state index >= 15 is 0 Å². The highest BCUT2D eigenvalue weighted by Gasteiger charge is 2.33. The molecule has 140 valence electrons. The Kier molecular flexibility index (Phi) is 3.72. The van der Waals surface area contributed by atoms with Gasteiger partial charge in [-0.15, -0.1) is 0 Å². The van der Waals surface area contributed by atoms with E-state index in [2.05, 4.69) is 26.2 Å². The molecular weight excluding hydrogens is 359 g/mol. The first kappa shape index (κ1) is 16.6. The second kappa shape index (κ2) is 6.27. The summed E-state index contributed by atoms with van der Waals surface area (Å²) in [5, 5.41) is 17.8. The van der Waals surface area contributed by atoms with Crippen LogP contribution in [0.3, 0.4) is 0 Å². The van der Waals surface area contributed by atoms with Crippen LogP contribution < -0.4 is 0 Å². The van der Waals surface area contributed by atoms with E-state index in [1.807, 2.05) is 24.1 Å². The molecule has 8 nitrogen and oxygen atoms in total. The van der Waals surface area contributed by atoms with Gasteiger partial charge in [0.15, 0.2) is 5.82 Å². The molecule has 1 fully saturated rings. The SMILES string of the molecule is Cn1cc(-c2cc3ncc(F)n3c(-c3cnn(C(CC#N)C4CC4)c3)n2)cn1. The molecular formula is C19H17FN8. The number of nitrogens with zero attached hydrogens (tertiary/aromatic N) is 8. The van der Waals surface area contributed by atoms with Crippen molar-refractivity contribution in [3.05, 3.63) is 43.0 Å². The first-order valence-corrected chi connectivity index (χ1v) is 9.08. The first-order valence-electron chi connectivity index (χ1n) is 9.08. The number of fused-ring (bicyclic) bond motifs is 1. The fraction of sp³-hybridized carbons (Fsp3) is 0.316. The third-order valence-electron chi connectivity index (χ3n) is 5.12. The van der Waals surface area contributed by atoms with Crippen LogP contribution >= 0.6 is 0 Å². The van der Waals surface area contributed by atoms with Gasteiger partial charge in [-0.05, 0) is 18.8 Å². The Morgan fingerprint density at radius 1 is 1.21 bits per heavy atom. The third kappa shape index (κ3) is 2.74. The summed E-state index contributed by atoms with van der Waals surface area (Å²) in [5.41, 5.74) is 2.62. The predicted octanol–water partition coefficient (Wildman–Crippen LogP) is 3.00. The van der Waals surface area contributed by atoms with Crippen molar-refractivity contribution in [2.45, 2.75) is 25.3 Å². The second-order valence-electron chi connectivity index (χ2n) is 7.12. The lowest BCUT2D eigenvalue weighted by molar-refractivity contribution is 0.412. The summed E-state index contributed by atoms with van der Waals surface area (Å²) >= 11 is 0. The highest BCUT2D eigenvalue weighted by Crippen LogP contribution is 2.41. The smallest absolute Gasteiger partial charge is 0.219 e. The van der Waals surface area contributed by atoms with Crippen LogP contribution in [0.1, 0.15) is 25.3 Å². The lowest BCUT2D eigenvalue weighted by Gasteiger charge is -2.12.